The van der Waals surface area contributed by atoms with Crippen molar-refractivity contribution in [2.75, 3.05) is 18.0 Å². The molecule has 1 aromatic heterocycles. The Morgan fingerprint density at radius 2 is 1.56 bits per heavy atom. The normalized spacial score (nSPS) is 20.8. The number of aromatic nitrogens is 2. The third kappa shape index (κ3) is 3.23. The van der Waals surface area contributed by atoms with Crippen LogP contribution in [-0.4, -0.2) is 23.1 Å². The molecule has 1 saturated heterocycles. The lowest BCUT2D eigenvalue weighted by Crippen LogP contribution is -2.39. The van der Waals surface area contributed by atoms with Gasteiger partial charge < -0.3 is 4.90 Å². The Hall–Kier alpha value is -2.42. The Kier molecular flexibility index (Phi) is 4.16. The van der Waals surface area contributed by atoms with Crippen LogP contribution in [0.5, 0.6) is 0 Å². The summed E-state index contributed by atoms with van der Waals surface area (Å²) in [4.78, 5) is 12.3. The highest BCUT2D eigenvalue weighted by Gasteiger charge is 2.24. The van der Waals surface area contributed by atoms with Gasteiger partial charge in [0.05, 0.1) is 5.52 Å². The second-order valence-electron chi connectivity index (χ2n) is 7.61. The first-order chi connectivity index (χ1) is 12.1. The summed E-state index contributed by atoms with van der Waals surface area (Å²) in [5.74, 6) is 3.29. The fraction of sp³-hybridized carbons (Fsp3) is 0.364. The summed E-state index contributed by atoms with van der Waals surface area (Å²) < 4.78 is 0. The number of benzene rings is 2. The molecule has 0 aliphatic carbocycles. The number of anilines is 1. The number of piperidine rings is 1. The molecule has 2 unspecified atom stereocenters. The van der Waals surface area contributed by atoms with Gasteiger partial charge in [-0.15, -0.1) is 0 Å². The van der Waals surface area contributed by atoms with E-state index in [1.54, 1.807) is 0 Å². The first-order valence-corrected chi connectivity index (χ1v) is 9.19. The van der Waals surface area contributed by atoms with Crippen LogP contribution in [0.1, 0.15) is 25.8 Å². The van der Waals surface area contributed by atoms with Crippen molar-refractivity contribution >= 4 is 16.7 Å². The number of hydrogen-bond donors (Lipinski definition) is 0. The van der Waals surface area contributed by atoms with E-state index < -0.39 is 0 Å². The summed E-state index contributed by atoms with van der Waals surface area (Å²) in [6.45, 7) is 8.92. The van der Waals surface area contributed by atoms with Gasteiger partial charge in [-0.3, -0.25) is 0 Å². The van der Waals surface area contributed by atoms with E-state index in [9.17, 15) is 0 Å². The summed E-state index contributed by atoms with van der Waals surface area (Å²) in [6.07, 6.45) is 1.30. The molecule has 128 valence electrons. The number of aryl methyl sites for hydroxylation is 1. The minimum absolute atomic E-state index is 0.695. The van der Waals surface area contributed by atoms with Crippen LogP contribution in [-0.2, 0) is 0 Å². The van der Waals surface area contributed by atoms with Crippen molar-refractivity contribution in [3.8, 4) is 11.4 Å². The maximum absolute atomic E-state index is 5.01. The van der Waals surface area contributed by atoms with Crippen LogP contribution in [0.2, 0.25) is 0 Å². The molecule has 4 rings (SSSR count). The maximum Gasteiger partial charge on any atom is 0.162 e. The van der Waals surface area contributed by atoms with Crippen molar-refractivity contribution in [1.82, 2.24) is 9.97 Å². The number of fused-ring (bicyclic) bond motifs is 1. The van der Waals surface area contributed by atoms with Crippen LogP contribution >= 0.6 is 0 Å². The Balaban J connectivity index is 1.85. The molecular weight excluding hydrogens is 306 g/mol. The molecule has 3 heteroatoms. The van der Waals surface area contributed by atoms with Gasteiger partial charge in [-0.2, -0.15) is 0 Å². The molecule has 0 bridgehead atoms. The van der Waals surface area contributed by atoms with E-state index in [-0.39, 0.29) is 0 Å². The minimum atomic E-state index is 0.695. The van der Waals surface area contributed by atoms with Crippen molar-refractivity contribution in [3.05, 3.63) is 54.1 Å². The van der Waals surface area contributed by atoms with E-state index in [4.69, 9.17) is 9.97 Å². The fourth-order valence-corrected chi connectivity index (χ4v) is 3.97. The highest BCUT2D eigenvalue weighted by atomic mass is 15.2. The van der Waals surface area contributed by atoms with Crippen LogP contribution in [0.25, 0.3) is 22.3 Å². The molecule has 2 heterocycles. The molecule has 1 aliphatic heterocycles. The van der Waals surface area contributed by atoms with Crippen molar-refractivity contribution in [1.29, 1.82) is 0 Å². The van der Waals surface area contributed by atoms with Crippen LogP contribution < -0.4 is 4.90 Å². The molecule has 3 aromatic rings. The SMILES string of the molecule is Cc1ccc(-c2nc(N3CC(C)CC(C)C3)c3ccccc3n2)cc1. The van der Waals surface area contributed by atoms with E-state index in [0.29, 0.717) is 11.8 Å². The van der Waals surface area contributed by atoms with Gasteiger partial charge >= 0.3 is 0 Å². The molecule has 0 amide bonds. The first kappa shape index (κ1) is 16.1. The first-order valence-electron chi connectivity index (χ1n) is 9.19. The fourth-order valence-electron chi connectivity index (χ4n) is 3.97. The molecule has 1 aliphatic rings. The van der Waals surface area contributed by atoms with Gasteiger partial charge in [0.2, 0.25) is 0 Å². The topological polar surface area (TPSA) is 29.0 Å². The second-order valence-corrected chi connectivity index (χ2v) is 7.61. The molecule has 1 fully saturated rings. The van der Waals surface area contributed by atoms with Crippen LogP contribution in [0.15, 0.2) is 48.5 Å². The monoisotopic (exact) mass is 331 g/mol. The van der Waals surface area contributed by atoms with E-state index in [0.717, 1.165) is 41.2 Å². The second kappa shape index (κ2) is 6.47. The number of nitrogens with zero attached hydrogens (tertiary/aromatic N) is 3. The molecule has 25 heavy (non-hydrogen) atoms. The quantitative estimate of drug-likeness (QED) is 0.655. The molecule has 0 spiro atoms. The molecule has 3 nitrogen and oxygen atoms in total. The smallest absolute Gasteiger partial charge is 0.162 e. The van der Waals surface area contributed by atoms with Gasteiger partial charge in [-0.25, -0.2) is 9.97 Å². The summed E-state index contributed by atoms with van der Waals surface area (Å²) in [6, 6.07) is 16.9. The molecule has 2 atom stereocenters. The third-order valence-electron chi connectivity index (χ3n) is 5.06. The standard InChI is InChI=1S/C22H25N3/c1-15-8-10-18(11-9-15)21-23-20-7-5-4-6-19(20)22(24-21)25-13-16(2)12-17(3)14-25/h4-11,16-17H,12-14H2,1-3H3. The van der Waals surface area contributed by atoms with Gasteiger partial charge in [0.25, 0.3) is 0 Å². The molecule has 0 radical (unpaired) electrons. The molecule has 2 aromatic carbocycles. The maximum atomic E-state index is 5.01. The zero-order chi connectivity index (χ0) is 17.4. The van der Waals surface area contributed by atoms with Gasteiger partial charge in [-0.1, -0.05) is 55.8 Å². The Morgan fingerprint density at radius 3 is 2.28 bits per heavy atom. The average Bonchev–Trinajstić information content (AvgIpc) is 2.60. The summed E-state index contributed by atoms with van der Waals surface area (Å²) >= 11 is 0. The lowest BCUT2D eigenvalue weighted by molar-refractivity contribution is 0.356. The molecular formula is C22H25N3. The van der Waals surface area contributed by atoms with Crippen LogP contribution in [0.4, 0.5) is 5.82 Å². The Labute approximate surface area is 149 Å². The summed E-state index contributed by atoms with van der Waals surface area (Å²) in [7, 11) is 0. The largest absolute Gasteiger partial charge is 0.355 e. The third-order valence-corrected chi connectivity index (χ3v) is 5.06. The van der Waals surface area contributed by atoms with Crippen LogP contribution in [0.3, 0.4) is 0 Å². The highest BCUT2D eigenvalue weighted by Crippen LogP contribution is 2.31. The van der Waals surface area contributed by atoms with Crippen molar-refractivity contribution < 1.29 is 0 Å². The van der Waals surface area contributed by atoms with E-state index >= 15 is 0 Å². The van der Waals surface area contributed by atoms with E-state index in [1.165, 1.54) is 12.0 Å². The molecule has 0 N–H and O–H groups in total. The van der Waals surface area contributed by atoms with E-state index in [1.807, 2.05) is 0 Å². The van der Waals surface area contributed by atoms with Crippen molar-refractivity contribution in [2.45, 2.75) is 27.2 Å². The number of rotatable bonds is 2. The number of para-hydroxylation sites is 1. The summed E-state index contributed by atoms with van der Waals surface area (Å²) in [5.41, 5.74) is 3.35. The Morgan fingerprint density at radius 1 is 0.880 bits per heavy atom. The van der Waals surface area contributed by atoms with E-state index in [2.05, 4.69) is 74.2 Å². The zero-order valence-electron chi connectivity index (χ0n) is 15.2. The molecule has 0 saturated carbocycles. The predicted octanol–water partition coefficient (Wildman–Crippen LogP) is 5.09. The van der Waals surface area contributed by atoms with Gasteiger partial charge in [0.1, 0.15) is 5.82 Å². The van der Waals surface area contributed by atoms with Crippen molar-refractivity contribution in [2.24, 2.45) is 11.8 Å². The van der Waals surface area contributed by atoms with Crippen molar-refractivity contribution in [3.63, 3.8) is 0 Å². The van der Waals surface area contributed by atoms with Gasteiger partial charge in [-0.05, 0) is 37.3 Å². The van der Waals surface area contributed by atoms with Crippen LogP contribution in [0, 0.1) is 18.8 Å². The van der Waals surface area contributed by atoms with Gasteiger partial charge in [0, 0.05) is 24.0 Å². The minimum Gasteiger partial charge on any atom is -0.355 e. The lowest BCUT2D eigenvalue weighted by Gasteiger charge is -2.36. The number of hydrogen-bond acceptors (Lipinski definition) is 3. The average molecular weight is 331 g/mol. The lowest BCUT2D eigenvalue weighted by atomic mass is 9.92. The zero-order valence-corrected chi connectivity index (χ0v) is 15.2. The Bertz CT molecular complexity index is 875. The highest BCUT2D eigenvalue weighted by molar-refractivity contribution is 5.91. The predicted molar refractivity (Wildman–Crippen MR) is 105 cm³/mol. The van der Waals surface area contributed by atoms with Gasteiger partial charge in [0.15, 0.2) is 5.82 Å². The summed E-state index contributed by atoms with van der Waals surface area (Å²) in [5, 5.41) is 1.15.